The molecule has 19 heavy (non-hydrogen) atoms. The van der Waals surface area contributed by atoms with Gasteiger partial charge in [-0.25, -0.2) is 0 Å². The van der Waals surface area contributed by atoms with Crippen molar-refractivity contribution in [2.24, 2.45) is 0 Å². The molecular formula is C13H18N2O4. The van der Waals surface area contributed by atoms with Crippen LogP contribution in [0.5, 0.6) is 5.75 Å². The largest absolute Gasteiger partial charge is 0.497 e. The van der Waals surface area contributed by atoms with E-state index in [0.29, 0.717) is 23.7 Å². The summed E-state index contributed by atoms with van der Waals surface area (Å²) >= 11 is 0. The van der Waals surface area contributed by atoms with Gasteiger partial charge in [0.15, 0.2) is 0 Å². The number of carbonyl (C=O) groups excluding carboxylic acids is 2. The lowest BCUT2D eigenvalue weighted by molar-refractivity contribution is -0.140. The van der Waals surface area contributed by atoms with Crippen LogP contribution in [-0.2, 0) is 14.3 Å². The minimum Gasteiger partial charge on any atom is -0.497 e. The van der Waals surface area contributed by atoms with Gasteiger partial charge >= 0.3 is 5.97 Å². The first kappa shape index (κ1) is 14.8. The number of rotatable bonds is 6. The van der Waals surface area contributed by atoms with Crippen LogP contribution in [0.25, 0.3) is 0 Å². The third-order valence-electron chi connectivity index (χ3n) is 2.27. The van der Waals surface area contributed by atoms with Crippen molar-refractivity contribution in [2.45, 2.75) is 13.8 Å². The Morgan fingerprint density at radius 3 is 2.58 bits per heavy atom. The summed E-state index contributed by atoms with van der Waals surface area (Å²) in [5.74, 6) is 0.0731. The Kier molecular flexibility index (Phi) is 5.66. The molecule has 1 aromatic carbocycles. The maximum atomic E-state index is 11.3. The second-order valence-electron chi connectivity index (χ2n) is 3.75. The maximum Gasteiger partial charge on any atom is 0.325 e. The molecular weight excluding hydrogens is 248 g/mol. The van der Waals surface area contributed by atoms with Crippen LogP contribution < -0.4 is 15.4 Å². The summed E-state index contributed by atoms with van der Waals surface area (Å²) in [4.78, 5) is 22.4. The van der Waals surface area contributed by atoms with Gasteiger partial charge in [0.25, 0.3) is 0 Å². The fourth-order valence-corrected chi connectivity index (χ4v) is 1.47. The van der Waals surface area contributed by atoms with E-state index in [1.54, 1.807) is 32.2 Å². The van der Waals surface area contributed by atoms with E-state index in [0.717, 1.165) is 0 Å². The third kappa shape index (κ3) is 4.87. The van der Waals surface area contributed by atoms with Crippen LogP contribution in [-0.4, -0.2) is 32.1 Å². The summed E-state index contributed by atoms with van der Waals surface area (Å²) in [6.45, 7) is 3.51. The van der Waals surface area contributed by atoms with Gasteiger partial charge in [0, 0.05) is 13.0 Å². The molecule has 1 amide bonds. The Morgan fingerprint density at radius 1 is 1.26 bits per heavy atom. The number of hydrogen-bond acceptors (Lipinski definition) is 5. The van der Waals surface area contributed by atoms with E-state index in [9.17, 15) is 9.59 Å². The van der Waals surface area contributed by atoms with E-state index in [-0.39, 0.29) is 18.4 Å². The molecule has 6 nitrogen and oxygen atoms in total. The highest BCUT2D eigenvalue weighted by Gasteiger charge is 2.08. The number of hydrogen-bond donors (Lipinski definition) is 2. The zero-order chi connectivity index (χ0) is 14.3. The highest BCUT2D eigenvalue weighted by molar-refractivity contribution is 5.93. The first-order chi connectivity index (χ1) is 9.06. The topological polar surface area (TPSA) is 76.7 Å². The smallest absolute Gasteiger partial charge is 0.325 e. The minimum absolute atomic E-state index is 0.0214. The van der Waals surface area contributed by atoms with Crippen LogP contribution in [0.3, 0.4) is 0 Å². The molecule has 0 aliphatic heterocycles. The zero-order valence-electron chi connectivity index (χ0n) is 11.3. The summed E-state index contributed by atoms with van der Waals surface area (Å²) in [6.07, 6.45) is 0. The summed E-state index contributed by atoms with van der Waals surface area (Å²) in [5, 5.41) is 5.58. The van der Waals surface area contributed by atoms with Crippen molar-refractivity contribution in [3.63, 3.8) is 0 Å². The van der Waals surface area contributed by atoms with Gasteiger partial charge in [0.05, 0.1) is 25.1 Å². The number of nitrogens with one attached hydrogen (secondary N) is 2. The Bertz CT molecular complexity index is 460. The van der Waals surface area contributed by atoms with Crippen LogP contribution in [0.2, 0.25) is 0 Å². The average Bonchev–Trinajstić information content (AvgIpc) is 2.37. The van der Waals surface area contributed by atoms with Crippen molar-refractivity contribution in [1.82, 2.24) is 0 Å². The standard InChI is InChI=1S/C13H18N2O4/c1-4-19-13(17)8-14-12-7-10(18-3)5-6-11(12)15-9(2)16/h5-7,14H,4,8H2,1-3H3,(H,15,16). The fraction of sp³-hybridized carbons (Fsp3) is 0.385. The normalized spacial score (nSPS) is 9.63. The molecule has 2 N–H and O–H groups in total. The molecule has 1 rings (SSSR count). The summed E-state index contributed by atoms with van der Waals surface area (Å²) < 4.78 is 9.92. The second kappa shape index (κ2) is 7.25. The lowest BCUT2D eigenvalue weighted by atomic mass is 10.2. The van der Waals surface area contributed by atoms with E-state index in [4.69, 9.17) is 9.47 Å². The zero-order valence-corrected chi connectivity index (χ0v) is 11.3. The highest BCUT2D eigenvalue weighted by atomic mass is 16.5. The third-order valence-corrected chi connectivity index (χ3v) is 2.27. The molecule has 1 aromatic rings. The van der Waals surface area contributed by atoms with Gasteiger partial charge < -0.3 is 20.1 Å². The van der Waals surface area contributed by atoms with Gasteiger partial charge in [0.1, 0.15) is 12.3 Å². The van der Waals surface area contributed by atoms with Crippen LogP contribution in [0.15, 0.2) is 18.2 Å². The number of carbonyl (C=O) groups is 2. The fourth-order valence-electron chi connectivity index (χ4n) is 1.47. The van der Waals surface area contributed by atoms with E-state index in [1.807, 2.05) is 0 Å². The van der Waals surface area contributed by atoms with Gasteiger partial charge in [-0.2, -0.15) is 0 Å². The van der Waals surface area contributed by atoms with Gasteiger partial charge in [-0.05, 0) is 19.1 Å². The van der Waals surface area contributed by atoms with Crippen LogP contribution >= 0.6 is 0 Å². The lowest BCUT2D eigenvalue weighted by Crippen LogP contribution is -2.18. The molecule has 0 atom stereocenters. The van der Waals surface area contributed by atoms with E-state index < -0.39 is 0 Å². The van der Waals surface area contributed by atoms with Gasteiger partial charge in [0.2, 0.25) is 5.91 Å². The first-order valence-corrected chi connectivity index (χ1v) is 5.92. The Morgan fingerprint density at radius 2 is 2.00 bits per heavy atom. The summed E-state index contributed by atoms with van der Waals surface area (Å²) in [7, 11) is 1.54. The average molecular weight is 266 g/mol. The molecule has 0 saturated carbocycles. The number of benzene rings is 1. The Labute approximate surface area is 112 Å². The maximum absolute atomic E-state index is 11.3. The molecule has 0 aliphatic carbocycles. The van der Waals surface area contributed by atoms with Crippen molar-refractivity contribution in [3.05, 3.63) is 18.2 Å². The number of amides is 1. The van der Waals surface area contributed by atoms with Crippen LogP contribution in [0.4, 0.5) is 11.4 Å². The van der Waals surface area contributed by atoms with Crippen LogP contribution in [0, 0.1) is 0 Å². The minimum atomic E-state index is -0.362. The lowest BCUT2D eigenvalue weighted by Gasteiger charge is -2.13. The van der Waals surface area contributed by atoms with Gasteiger partial charge in [-0.3, -0.25) is 9.59 Å². The first-order valence-electron chi connectivity index (χ1n) is 5.92. The quantitative estimate of drug-likeness (QED) is 0.765. The second-order valence-corrected chi connectivity index (χ2v) is 3.75. The summed E-state index contributed by atoms with van der Waals surface area (Å²) in [5.41, 5.74) is 1.18. The molecule has 6 heteroatoms. The molecule has 0 spiro atoms. The monoisotopic (exact) mass is 266 g/mol. The molecule has 0 aliphatic rings. The van der Waals surface area contributed by atoms with Gasteiger partial charge in [-0.1, -0.05) is 0 Å². The number of esters is 1. The number of methoxy groups -OCH3 is 1. The number of ether oxygens (including phenoxy) is 2. The van der Waals surface area contributed by atoms with E-state index in [1.165, 1.54) is 6.92 Å². The van der Waals surface area contributed by atoms with Crippen molar-refractivity contribution in [2.75, 3.05) is 30.9 Å². The molecule has 0 radical (unpaired) electrons. The highest BCUT2D eigenvalue weighted by Crippen LogP contribution is 2.26. The SMILES string of the molecule is CCOC(=O)CNc1cc(OC)ccc1NC(C)=O. The Balaban J connectivity index is 2.82. The molecule has 0 saturated heterocycles. The predicted octanol–water partition coefficient (Wildman–Crippen LogP) is 1.63. The van der Waals surface area contributed by atoms with Crippen molar-refractivity contribution in [1.29, 1.82) is 0 Å². The van der Waals surface area contributed by atoms with Crippen molar-refractivity contribution in [3.8, 4) is 5.75 Å². The Hall–Kier alpha value is -2.24. The molecule has 0 bridgehead atoms. The van der Waals surface area contributed by atoms with Crippen molar-refractivity contribution < 1.29 is 19.1 Å². The van der Waals surface area contributed by atoms with E-state index in [2.05, 4.69) is 10.6 Å². The van der Waals surface area contributed by atoms with E-state index >= 15 is 0 Å². The van der Waals surface area contributed by atoms with Crippen LogP contribution in [0.1, 0.15) is 13.8 Å². The van der Waals surface area contributed by atoms with Gasteiger partial charge in [-0.15, -0.1) is 0 Å². The molecule has 104 valence electrons. The summed E-state index contributed by atoms with van der Waals surface area (Å²) in [6, 6.07) is 5.12. The van der Waals surface area contributed by atoms with Crippen molar-refractivity contribution >= 4 is 23.3 Å². The predicted molar refractivity (Wildman–Crippen MR) is 72.4 cm³/mol. The number of anilines is 2. The molecule has 0 heterocycles. The molecule has 0 aromatic heterocycles. The molecule has 0 unspecified atom stereocenters. The molecule has 0 fully saturated rings.